The summed E-state index contributed by atoms with van der Waals surface area (Å²) in [6.45, 7) is 3.86. The molecule has 8 heteroatoms. The third-order valence-corrected chi connectivity index (χ3v) is 4.17. The lowest BCUT2D eigenvalue weighted by molar-refractivity contribution is 0.268. The number of benzene rings is 1. The molecule has 0 radical (unpaired) electrons. The average molecular weight is 372 g/mol. The van der Waals surface area contributed by atoms with Crippen molar-refractivity contribution >= 4 is 17.2 Å². The predicted molar refractivity (Wildman–Crippen MR) is 100 cm³/mol. The van der Waals surface area contributed by atoms with E-state index in [4.69, 9.17) is 26.2 Å². The van der Waals surface area contributed by atoms with E-state index in [9.17, 15) is 0 Å². The first-order valence-electron chi connectivity index (χ1n) is 8.19. The molecule has 0 saturated carbocycles. The lowest BCUT2D eigenvalue weighted by atomic mass is 10.2. The van der Waals surface area contributed by atoms with Crippen LogP contribution in [0.25, 0.3) is 0 Å². The Kier molecular flexibility index (Phi) is 5.85. The molecule has 0 spiro atoms. The van der Waals surface area contributed by atoms with E-state index >= 15 is 0 Å². The molecule has 2 heterocycles. The Bertz CT molecular complexity index is 857. The summed E-state index contributed by atoms with van der Waals surface area (Å²) in [5.41, 5.74) is 2.05. The molecular formula is C18H20N4O3S. The third kappa shape index (κ3) is 4.40. The molecule has 0 aliphatic rings. The zero-order valence-corrected chi connectivity index (χ0v) is 15.5. The van der Waals surface area contributed by atoms with Crippen LogP contribution in [0, 0.1) is 0 Å². The lowest BCUT2D eigenvalue weighted by Gasteiger charge is -2.07. The van der Waals surface area contributed by atoms with E-state index in [1.807, 2.05) is 35.0 Å². The van der Waals surface area contributed by atoms with Gasteiger partial charge in [-0.25, -0.2) is 4.98 Å². The number of rotatable bonds is 8. The van der Waals surface area contributed by atoms with Crippen molar-refractivity contribution in [3.63, 3.8) is 0 Å². The summed E-state index contributed by atoms with van der Waals surface area (Å²) >= 11 is 5.35. The van der Waals surface area contributed by atoms with E-state index in [-0.39, 0.29) is 0 Å². The molecule has 0 atom stereocenters. The third-order valence-electron chi connectivity index (χ3n) is 3.83. The molecule has 7 nitrogen and oxygen atoms in total. The Labute approximate surface area is 156 Å². The predicted octanol–water partition coefficient (Wildman–Crippen LogP) is 2.94. The van der Waals surface area contributed by atoms with Crippen LogP contribution in [0.5, 0.6) is 11.6 Å². The van der Waals surface area contributed by atoms with E-state index < -0.39 is 0 Å². The van der Waals surface area contributed by atoms with Crippen molar-refractivity contribution in [3.8, 4) is 11.6 Å². The minimum absolute atomic E-state index is 0.381. The molecule has 0 aliphatic heterocycles. The highest BCUT2D eigenvalue weighted by Gasteiger charge is 2.11. The molecule has 0 bridgehead atoms. The number of aromatic nitrogens is 3. The number of aryl methyl sites for hydroxylation is 1. The molecule has 0 aliphatic carbocycles. The number of nitrogens with one attached hydrogen (secondary N) is 1. The van der Waals surface area contributed by atoms with Crippen molar-refractivity contribution in [2.75, 3.05) is 7.11 Å². The number of nitrogens with zero attached hydrogens (tertiary/aromatic N) is 3. The summed E-state index contributed by atoms with van der Waals surface area (Å²) in [6, 6.07) is 9.31. The molecule has 0 amide bonds. The van der Waals surface area contributed by atoms with Gasteiger partial charge in [0.15, 0.2) is 5.76 Å². The molecule has 26 heavy (non-hydrogen) atoms. The monoisotopic (exact) mass is 372 g/mol. The van der Waals surface area contributed by atoms with Gasteiger partial charge in [0, 0.05) is 12.7 Å². The second kappa shape index (κ2) is 8.48. The summed E-state index contributed by atoms with van der Waals surface area (Å²) in [5, 5.41) is 7.04. The van der Waals surface area contributed by atoms with Crippen molar-refractivity contribution in [1.29, 1.82) is 0 Å². The maximum absolute atomic E-state index is 5.64. The van der Waals surface area contributed by atoms with Gasteiger partial charge >= 0.3 is 0 Å². The van der Waals surface area contributed by atoms with Crippen LogP contribution in [0.1, 0.15) is 23.9 Å². The topological polar surface area (TPSA) is 74.3 Å². The van der Waals surface area contributed by atoms with E-state index in [1.165, 1.54) is 0 Å². The fourth-order valence-corrected chi connectivity index (χ4v) is 2.52. The number of imidazole rings is 1. The Hall–Kier alpha value is -2.87. The van der Waals surface area contributed by atoms with E-state index in [0.717, 1.165) is 23.6 Å². The van der Waals surface area contributed by atoms with Crippen molar-refractivity contribution in [2.45, 2.75) is 26.6 Å². The number of ether oxygens (including phenoxy) is 2. The minimum Gasteiger partial charge on any atom is -0.497 e. The second-order valence-electron chi connectivity index (χ2n) is 5.52. The van der Waals surface area contributed by atoms with Gasteiger partial charge in [-0.2, -0.15) is 0 Å². The quantitative estimate of drug-likeness (QED) is 0.609. The van der Waals surface area contributed by atoms with Crippen molar-refractivity contribution in [3.05, 3.63) is 59.9 Å². The zero-order chi connectivity index (χ0) is 18.4. The molecule has 1 N–H and O–H groups in total. The van der Waals surface area contributed by atoms with Crippen LogP contribution in [-0.4, -0.2) is 26.8 Å². The first-order chi connectivity index (χ1) is 12.7. The van der Waals surface area contributed by atoms with Gasteiger partial charge in [0.25, 0.3) is 5.88 Å². The summed E-state index contributed by atoms with van der Waals surface area (Å²) < 4.78 is 18.1. The number of hydrogen-bond acceptors (Lipinski definition) is 6. The van der Waals surface area contributed by atoms with Gasteiger partial charge in [0.2, 0.25) is 0 Å². The lowest BCUT2D eigenvalue weighted by Crippen LogP contribution is -2.22. The fourth-order valence-electron chi connectivity index (χ4n) is 2.35. The first kappa shape index (κ1) is 17.9. The van der Waals surface area contributed by atoms with Crippen LogP contribution in [0.2, 0.25) is 0 Å². The second-order valence-corrected chi connectivity index (χ2v) is 5.93. The van der Waals surface area contributed by atoms with E-state index in [0.29, 0.717) is 29.8 Å². The SMILES string of the molecule is CCn1cncc1CNC(=S)c1cc(OCc2ccc(OC)cc2)no1. The number of methoxy groups -OCH3 is 1. The average Bonchev–Trinajstić information content (AvgIpc) is 3.34. The molecule has 1 aromatic carbocycles. The molecule has 0 unspecified atom stereocenters. The van der Waals surface area contributed by atoms with E-state index in [1.54, 1.807) is 19.5 Å². The maximum atomic E-state index is 5.64. The smallest absolute Gasteiger partial charge is 0.255 e. The van der Waals surface area contributed by atoms with Crippen LogP contribution >= 0.6 is 12.2 Å². The first-order valence-corrected chi connectivity index (χ1v) is 8.60. The van der Waals surface area contributed by atoms with Gasteiger partial charge < -0.3 is 23.9 Å². The summed E-state index contributed by atoms with van der Waals surface area (Å²) in [7, 11) is 1.63. The van der Waals surface area contributed by atoms with Gasteiger partial charge in [-0.05, 0) is 29.8 Å². The Morgan fingerprint density at radius 3 is 2.85 bits per heavy atom. The summed E-state index contributed by atoms with van der Waals surface area (Å²) in [5.74, 6) is 1.66. The normalized spacial score (nSPS) is 10.5. The Balaban J connectivity index is 1.52. The molecule has 136 valence electrons. The van der Waals surface area contributed by atoms with E-state index in [2.05, 4.69) is 22.4 Å². The van der Waals surface area contributed by atoms with Crippen LogP contribution in [0.3, 0.4) is 0 Å². The van der Waals surface area contributed by atoms with Gasteiger partial charge in [0.05, 0.1) is 31.7 Å². The van der Waals surface area contributed by atoms with Crippen LogP contribution < -0.4 is 14.8 Å². The van der Waals surface area contributed by atoms with Gasteiger partial charge in [-0.15, -0.1) is 0 Å². The summed E-state index contributed by atoms with van der Waals surface area (Å²) in [4.78, 5) is 4.60. The largest absolute Gasteiger partial charge is 0.497 e. The molecular weight excluding hydrogens is 352 g/mol. The van der Waals surface area contributed by atoms with Crippen LogP contribution in [0.4, 0.5) is 0 Å². The van der Waals surface area contributed by atoms with Crippen molar-refractivity contribution < 1.29 is 14.0 Å². The number of hydrogen-bond donors (Lipinski definition) is 1. The molecule has 0 saturated heterocycles. The van der Waals surface area contributed by atoms with Crippen LogP contribution in [-0.2, 0) is 19.7 Å². The molecule has 0 fully saturated rings. The standard InChI is InChI=1S/C18H20N4O3S/c1-3-22-12-19-9-14(22)10-20-18(26)16-8-17(21-25-16)24-11-13-4-6-15(23-2)7-5-13/h4-9,12H,3,10-11H2,1-2H3,(H,20,26). The highest BCUT2D eigenvalue weighted by Crippen LogP contribution is 2.16. The highest BCUT2D eigenvalue weighted by atomic mass is 32.1. The number of thiocarbonyl (C=S) groups is 1. The van der Waals surface area contributed by atoms with Gasteiger partial charge in [0.1, 0.15) is 17.3 Å². The molecule has 3 aromatic rings. The highest BCUT2D eigenvalue weighted by molar-refractivity contribution is 7.80. The van der Waals surface area contributed by atoms with Gasteiger partial charge in [-0.3, -0.25) is 0 Å². The molecule has 3 rings (SSSR count). The van der Waals surface area contributed by atoms with Crippen molar-refractivity contribution in [2.24, 2.45) is 0 Å². The molecule has 2 aromatic heterocycles. The fraction of sp³-hybridized carbons (Fsp3) is 0.278. The van der Waals surface area contributed by atoms with Crippen LogP contribution in [0.15, 0.2) is 47.4 Å². The van der Waals surface area contributed by atoms with Gasteiger partial charge in [-0.1, -0.05) is 24.4 Å². The van der Waals surface area contributed by atoms with Crippen molar-refractivity contribution in [1.82, 2.24) is 20.0 Å². The zero-order valence-electron chi connectivity index (χ0n) is 14.6. The summed E-state index contributed by atoms with van der Waals surface area (Å²) in [6.07, 6.45) is 3.60. The Morgan fingerprint density at radius 2 is 2.12 bits per heavy atom. The Morgan fingerprint density at radius 1 is 1.31 bits per heavy atom. The maximum Gasteiger partial charge on any atom is 0.255 e. The minimum atomic E-state index is 0.381.